The van der Waals surface area contributed by atoms with Gasteiger partial charge in [0.25, 0.3) is 0 Å². The standard InChI is InChI=1S/C21H25FO/c1-2-21(11-7-4-8-12-21)18-13-19(22)15-20(14-18)23-16-17-9-5-3-6-10-17/h3,5-6,9-10,13-15H,2,4,7-8,11-12,16H2,1H3. The summed E-state index contributed by atoms with van der Waals surface area (Å²) in [5, 5.41) is 0. The lowest BCUT2D eigenvalue weighted by Gasteiger charge is -2.37. The van der Waals surface area contributed by atoms with Gasteiger partial charge in [-0.05, 0) is 47.9 Å². The third-order valence-corrected chi connectivity index (χ3v) is 5.22. The summed E-state index contributed by atoms with van der Waals surface area (Å²) < 4.78 is 20.0. The molecule has 122 valence electrons. The van der Waals surface area contributed by atoms with E-state index in [0.29, 0.717) is 12.4 Å². The maximum absolute atomic E-state index is 14.1. The van der Waals surface area contributed by atoms with Gasteiger partial charge in [-0.2, -0.15) is 0 Å². The summed E-state index contributed by atoms with van der Waals surface area (Å²) in [5.41, 5.74) is 2.34. The largest absolute Gasteiger partial charge is 0.489 e. The van der Waals surface area contributed by atoms with Gasteiger partial charge in [0, 0.05) is 6.07 Å². The molecule has 2 heteroatoms. The van der Waals surface area contributed by atoms with Gasteiger partial charge in [-0.25, -0.2) is 4.39 Å². The van der Waals surface area contributed by atoms with Gasteiger partial charge in [0.1, 0.15) is 18.2 Å². The van der Waals surface area contributed by atoms with E-state index in [-0.39, 0.29) is 11.2 Å². The summed E-state index contributed by atoms with van der Waals surface area (Å²) in [7, 11) is 0. The van der Waals surface area contributed by atoms with E-state index < -0.39 is 0 Å². The summed E-state index contributed by atoms with van der Waals surface area (Å²) in [6.45, 7) is 2.70. The topological polar surface area (TPSA) is 9.23 Å². The predicted octanol–water partition coefficient (Wildman–Crippen LogP) is 6.02. The van der Waals surface area contributed by atoms with Gasteiger partial charge >= 0.3 is 0 Å². The molecule has 0 radical (unpaired) electrons. The minimum atomic E-state index is -0.191. The first kappa shape index (κ1) is 16.0. The highest BCUT2D eigenvalue weighted by molar-refractivity contribution is 5.35. The lowest BCUT2D eigenvalue weighted by atomic mass is 9.68. The van der Waals surface area contributed by atoms with Crippen molar-refractivity contribution in [2.45, 2.75) is 57.5 Å². The van der Waals surface area contributed by atoms with E-state index in [4.69, 9.17) is 4.74 Å². The van der Waals surface area contributed by atoms with E-state index in [1.165, 1.54) is 25.3 Å². The first-order chi connectivity index (χ1) is 11.2. The molecular weight excluding hydrogens is 287 g/mol. The molecule has 1 fully saturated rings. The lowest BCUT2D eigenvalue weighted by molar-refractivity contribution is 0.276. The second kappa shape index (κ2) is 7.16. The Morgan fingerprint density at radius 1 is 1.00 bits per heavy atom. The Kier molecular flexibility index (Phi) is 5.00. The SMILES string of the molecule is CCC1(c2cc(F)cc(OCc3ccccc3)c2)CCCCC1. The van der Waals surface area contributed by atoms with Gasteiger partial charge in [-0.3, -0.25) is 0 Å². The Hall–Kier alpha value is -1.83. The molecular formula is C21H25FO. The van der Waals surface area contributed by atoms with Crippen molar-refractivity contribution < 1.29 is 9.13 Å². The molecule has 3 rings (SSSR count). The summed E-state index contributed by atoms with van der Waals surface area (Å²) in [4.78, 5) is 0. The van der Waals surface area contributed by atoms with E-state index in [2.05, 4.69) is 13.0 Å². The Balaban J connectivity index is 1.81. The van der Waals surface area contributed by atoms with Crippen LogP contribution in [0.2, 0.25) is 0 Å². The van der Waals surface area contributed by atoms with Crippen LogP contribution in [0.1, 0.15) is 56.6 Å². The Bertz CT molecular complexity index is 630. The van der Waals surface area contributed by atoms with Crippen molar-refractivity contribution >= 4 is 0 Å². The molecule has 1 aliphatic rings. The number of ether oxygens (including phenoxy) is 1. The maximum atomic E-state index is 14.1. The normalized spacial score (nSPS) is 17.0. The van der Waals surface area contributed by atoms with Crippen LogP contribution in [0.15, 0.2) is 48.5 Å². The molecule has 23 heavy (non-hydrogen) atoms. The molecule has 0 amide bonds. The second-order valence-corrected chi connectivity index (χ2v) is 6.64. The fourth-order valence-corrected chi connectivity index (χ4v) is 3.77. The van der Waals surface area contributed by atoms with Gasteiger partial charge in [0.2, 0.25) is 0 Å². The van der Waals surface area contributed by atoms with E-state index >= 15 is 0 Å². The molecule has 0 bridgehead atoms. The van der Waals surface area contributed by atoms with Crippen LogP contribution in [0.4, 0.5) is 4.39 Å². The minimum absolute atomic E-state index is 0.130. The van der Waals surface area contributed by atoms with Crippen LogP contribution >= 0.6 is 0 Å². The van der Waals surface area contributed by atoms with Crippen LogP contribution in [0, 0.1) is 5.82 Å². The van der Waals surface area contributed by atoms with Crippen molar-refractivity contribution in [2.24, 2.45) is 0 Å². The van der Waals surface area contributed by atoms with Crippen LogP contribution in [0.25, 0.3) is 0 Å². The zero-order chi connectivity index (χ0) is 16.1. The molecule has 0 saturated heterocycles. The molecule has 1 nitrogen and oxygen atoms in total. The van der Waals surface area contributed by atoms with Crippen LogP contribution < -0.4 is 4.74 Å². The van der Waals surface area contributed by atoms with E-state index in [1.807, 2.05) is 30.3 Å². The second-order valence-electron chi connectivity index (χ2n) is 6.64. The fraction of sp³-hybridized carbons (Fsp3) is 0.429. The maximum Gasteiger partial charge on any atom is 0.127 e. The first-order valence-corrected chi connectivity index (χ1v) is 8.70. The lowest BCUT2D eigenvalue weighted by Crippen LogP contribution is -2.28. The molecule has 2 aromatic rings. The smallest absolute Gasteiger partial charge is 0.127 e. The zero-order valence-corrected chi connectivity index (χ0v) is 13.9. The highest BCUT2D eigenvalue weighted by atomic mass is 19.1. The van der Waals surface area contributed by atoms with Crippen molar-refractivity contribution in [1.82, 2.24) is 0 Å². The van der Waals surface area contributed by atoms with Crippen molar-refractivity contribution in [3.05, 3.63) is 65.5 Å². The van der Waals surface area contributed by atoms with Gasteiger partial charge in [0.15, 0.2) is 0 Å². The summed E-state index contributed by atoms with van der Waals surface area (Å²) in [6.07, 6.45) is 7.16. The van der Waals surface area contributed by atoms with Gasteiger partial charge in [0.05, 0.1) is 0 Å². The molecule has 2 aromatic carbocycles. The van der Waals surface area contributed by atoms with Crippen molar-refractivity contribution in [2.75, 3.05) is 0 Å². The molecule has 0 aliphatic heterocycles. The monoisotopic (exact) mass is 312 g/mol. The molecule has 0 aromatic heterocycles. The number of rotatable bonds is 5. The van der Waals surface area contributed by atoms with Crippen molar-refractivity contribution in [1.29, 1.82) is 0 Å². The van der Waals surface area contributed by atoms with E-state index in [1.54, 1.807) is 6.07 Å². The highest BCUT2D eigenvalue weighted by Gasteiger charge is 2.32. The van der Waals surface area contributed by atoms with E-state index in [0.717, 1.165) is 30.4 Å². The number of hydrogen-bond donors (Lipinski definition) is 0. The quantitative estimate of drug-likeness (QED) is 0.656. The van der Waals surface area contributed by atoms with Gasteiger partial charge in [-0.15, -0.1) is 0 Å². The minimum Gasteiger partial charge on any atom is -0.489 e. The van der Waals surface area contributed by atoms with Gasteiger partial charge in [-0.1, -0.05) is 56.5 Å². The average Bonchev–Trinajstić information content (AvgIpc) is 2.61. The average molecular weight is 312 g/mol. The zero-order valence-electron chi connectivity index (χ0n) is 13.9. The van der Waals surface area contributed by atoms with Crippen LogP contribution in [0.5, 0.6) is 5.75 Å². The van der Waals surface area contributed by atoms with Gasteiger partial charge < -0.3 is 4.74 Å². The predicted molar refractivity (Wildman–Crippen MR) is 92.2 cm³/mol. The fourth-order valence-electron chi connectivity index (χ4n) is 3.77. The Morgan fingerprint density at radius 3 is 2.43 bits per heavy atom. The Labute approximate surface area is 138 Å². The summed E-state index contributed by atoms with van der Waals surface area (Å²) in [6, 6.07) is 15.3. The van der Waals surface area contributed by atoms with Crippen LogP contribution in [0.3, 0.4) is 0 Å². The van der Waals surface area contributed by atoms with Crippen molar-refractivity contribution in [3.8, 4) is 5.75 Å². The van der Waals surface area contributed by atoms with Crippen LogP contribution in [-0.2, 0) is 12.0 Å². The third kappa shape index (κ3) is 3.74. The molecule has 0 unspecified atom stereocenters. The summed E-state index contributed by atoms with van der Waals surface area (Å²) in [5.74, 6) is 0.450. The molecule has 0 heterocycles. The highest BCUT2D eigenvalue weighted by Crippen LogP contribution is 2.43. The number of benzene rings is 2. The Morgan fingerprint density at radius 2 is 1.74 bits per heavy atom. The third-order valence-electron chi connectivity index (χ3n) is 5.22. The van der Waals surface area contributed by atoms with Crippen molar-refractivity contribution in [3.63, 3.8) is 0 Å². The first-order valence-electron chi connectivity index (χ1n) is 8.70. The molecule has 1 aliphatic carbocycles. The summed E-state index contributed by atoms with van der Waals surface area (Å²) >= 11 is 0. The van der Waals surface area contributed by atoms with E-state index in [9.17, 15) is 4.39 Å². The molecule has 0 N–H and O–H groups in total. The van der Waals surface area contributed by atoms with Crippen LogP contribution in [-0.4, -0.2) is 0 Å². The molecule has 1 saturated carbocycles. The number of halogens is 1. The number of hydrogen-bond acceptors (Lipinski definition) is 1. The molecule has 0 spiro atoms. The molecule has 0 atom stereocenters.